The van der Waals surface area contributed by atoms with E-state index in [-0.39, 0.29) is 24.4 Å². The van der Waals surface area contributed by atoms with Crippen molar-refractivity contribution in [3.8, 4) is 0 Å². The molecule has 1 atom stereocenters. The zero-order chi connectivity index (χ0) is 16.1. The topological polar surface area (TPSA) is 58.4 Å². The predicted octanol–water partition coefficient (Wildman–Crippen LogP) is 3.64. The summed E-state index contributed by atoms with van der Waals surface area (Å²) >= 11 is 3.27. The standard InChI is InChI=1S/C17H20BrN3O2.ClH/c18-16-10-13(12-23-16)17(22)21(11-14-4-1-2-8-20-14)15-5-3-7-19-9-6-15;/h1-2,4,8,10,12,15,19H,3,5-7,9,11H2;1H. The molecule has 2 aromatic rings. The first-order chi connectivity index (χ1) is 11.2. The third-order valence-electron chi connectivity index (χ3n) is 4.12. The Kier molecular flexibility index (Phi) is 7.27. The molecule has 1 N–H and O–H groups in total. The van der Waals surface area contributed by atoms with Crippen LogP contribution in [0.3, 0.4) is 0 Å². The van der Waals surface area contributed by atoms with E-state index in [1.165, 1.54) is 6.26 Å². The molecule has 2 aromatic heterocycles. The van der Waals surface area contributed by atoms with Gasteiger partial charge in [0.05, 0.1) is 17.8 Å². The molecule has 0 spiro atoms. The normalized spacial score (nSPS) is 17.6. The van der Waals surface area contributed by atoms with Crippen LogP contribution < -0.4 is 5.32 Å². The highest BCUT2D eigenvalue weighted by molar-refractivity contribution is 9.10. The number of nitrogens with one attached hydrogen (secondary N) is 1. The molecule has 7 heteroatoms. The van der Waals surface area contributed by atoms with Gasteiger partial charge in [-0.3, -0.25) is 9.78 Å². The summed E-state index contributed by atoms with van der Waals surface area (Å²) < 4.78 is 5.81. The number of furan rings is 1. The fourth-order valence-electron chi connectivity index (χ4n) is 2.93. The van der Waals surface area contributed by atoms with Crippen molar-refractivity contribution in [3.63, 3.8) is 0 Å². The number of carbonyl (C=O) groups is 1. The van der Waals surface area contributed by atoms with E-state index >= 15 is 0 Å². The fourth-order valence-corrected chi connectivity index (χ4v) is 3.27. The number of amides is 1. The highest BCUT2D eigenvalue weighted by Crippen LogP contribution is 2.22. The van der Waals surface area contributed by atoms with Crippen LogP contribution in [0.15, 0.2) is 45.8 Å². The van der Waals surface area contributed by atoms with Gasteiger partial charge in [-0.05, 0) is 60.4 Å². The molecule has 3 rings (SSSR count). The molecule has 1 saturated heterocycles. The Bertz CT molecular complexity index is 642. The largest absolute Gasteiger partial charge is 0.457 e. The lowest BCUT2D eigenvalue weighted by atomic mass is 10.1. The number of aromatic nitrogens is 1. The minimum atomic E-state index is -0.00277. The minimum absolute atomic E-state index is 0. The highest BCUT2D eigenvalue weighted by atomic mass is 79.9. The van der Waals surface area contributed by atoms with Crippen LogP contribution in [0.1, 0.15) is 35.3 Å². The summed E-state index contributed by atoms with van der Waals surface area (Å²) in [5.41, 5.74) is 1.48. The number of halogens is 2. The Morgan fingerprint density at radius 3 is 2.96 bits per heavy atom. The maximum absolute atomic E-state index is 13.0. The van der Waals surface area contributed by atoms with Gasteiger partial charge in [0.1, 0.15) is 6.26 Å². The van der Waals surface area contributed by atoms with E-state index in [2.05, 4.69) is 26.2 Å². The SMILES string of the molecule is Cl.O=C(c1coc(Br)c1)N(Cc1ccccn1)C1CCCNCC1. The van der Waals surface area contributed by atoms with Gasteiger partial charge in [0.25, 0.3) is 5.91 Å². The molecule has 0 saturated carbocycles. The molecule has 1 aliphatic rings. The summed E-state index contributed by atoms with van der Waals surface area (Å²) in [4.78, 5) is 19.3. The molecule has 0 radical (unpaired) electrons. The van der Waals surface area contributed by atoms with Crippen molar-refractivity contribution in [1.82, 2.24) is 15.2 Å². The van der Waals surface area contributed by atoms with Crippen LogP contribution in [0.4, 0.5) is 0 Å². The molecule has 1 unspecified atom stereocenters. The van der Waals surface area contributed by atoms with Gasteiger partial charge >= 0.3 is 0 Å². The molecule has 3 heterocycles. The zero-order valence-electron chi connectivity index (χ0n) is 13.3. The summed E-state index contributed by atoms with van der Waals surface area (Å²) in [5.74, 6) is -0.00277. The molecular weight excluding hydrogens is 394 g/mol. The van der Waals surface area contributed by atoms with Gasteiger partial charge in [-0.1, -0.05) is 6.07 Å². The maximum atomic E-state index is 13.0. The molecule has 0 aromatic carbocycles. The van der Waals surface area contributed by atoms with E-state index in [9.17, 15) is 4.79 Å². The molecule has 5 nitrogen and oxygen atoms in total. The Hall–Kier alpha value is -1.37. The van der Waals surface area contributed by atoms with Crippen LogP contribution in [0.2, 0.25) is 0 Å². The second kappa shape index (κ2) is 9.20. The first-order valence-corrected chi connectivity index (χ1v) is 8.69. The quantitative estimate of drug-likeness (QED) is 0.830. The lowest BCUT2D eigenvalue weighted by molar-refractivity contribution is 0.0641. The van der Waals surface area contributed by atoms with Crippen molar-refractivity contribution in [2.45, 2.75) is 31.8 Å². The van der Waals surface area contributed by atoms with Gasteiger partial charge in [-0.2, -0.15) is 0 Å². The Balaban J connectivity index is 0.00000208. The Morgan fingerprint density at radius 2 is 2.25 bits per heavy atom. The van der Waals surface area contributed by atoms with E-state index in [4.69, 9.17) is 4.42 Å². The monoisotopic (exact) mass is 413 g/mol. The fraction of sp³-hybridized carbons (Fsp3) is 0.412. The third kappa shape index (κ3) is 4.82. The maximum Gasteiger partial charge on any atom is 0.257 e. The Morgan fingerprint density at radius 1 is 1.38 bits per heavy atom. The average Bonchev–Trinajstić information content (AvgIpc) is 2.84. The van der Waals surface area contributed by atoms with Crippen molar-refractivity contribution in [2.24, 2.45) is 0 Å². The van der Waals surface area contributed by atoms with Crippen molar-refractivity contribution < 1.29 is 9.21 Å². The predicted molar refractivity (Wildman–Crippen MR) is 98.3 cm³/mol. The van der Waals surface area contributed by atoms with E-state index < -0.39 is 0 Å². The van der Waals surface area contributed by atoms with Gasteiger partial charge < -0.3 is 14.6 Å². The van der Waals surface area contributed by atoms with Crippen molar-refractivity contribution in [3.05, 3.63) is 52.7 Å². The van der Waals surface area contributed by atoms with E-state index in [1.54, 1.807) is 12.3 Å². The van der Waals surface area contributed by atoms with Crippen molar-refractivity contribution >= 4 is 34.2 Å². The molecule has 0 aliphatic carbocycles. The van der Waals surface area contributed by atoms with Crippen LogP contribution in [-0.2, 0) is 6.54 Å². The minimum Gasteiger partial charge on any atom is -0.457 e. The van der Waals surface area contributed by atoms with Gasteiger partial charge in [0, 0.05) is 18.3 Å². The lowest BCUT2D eigenvalue weighted by Crippen LogP contribution is -2.40. The summed E-state index contributed by atoms with van der Waals surface area (Å²) in [5, 5.41) is 3.40. The first-order valence-electron chi connectivity index (χ1n) is 7.89. The second-order valence-corrected chi connectivity index (χ2v) is 6.51. The number of rotatable bonds is 4. The summed E-state index contributed by atoms with van der Waals surface area (Å²) in [7, 11) is 0. The molecule has 24 heavy (non-hydrogen) atoms. The van der Waals surface area contributed by atoms with E-state index in [0.717, 1.165) is 38.0 Å². The third-order valence-corrected chi connectivity index (χ3v) is 4.54. The van der Waals surface area contributed by atoms with E-state index in [0.29, 0.717) is 16.8 Å². The summed E-state index contributed by atoms with van der Waals surface area (Å²) in [6.07, 6.45) is 6.31. The molecule has 130 valence electrons. The lowest BCUT2D eigenvalue weighted by Gasteiger charge is -2.30. The number of hydrogen-bond donors (Lipinski definition) is 1. The molecule has 1 fully saturated rings. The molecular formula is C17H21BrClN3O2. The van der Waals surface area contributed by atoms with Crippen molar-refractivity contribution in [2.75, 3.05) is 13.1 Å². The van der Waals surface area contributed by atoms with Gasteiger partial charge in [-0.25, -0.2) is 0 Å². The number of nitrogens with zero attached hydrogens (tertiary/aromatic N) is 2. The zero-order valence-corrected chi connectivity index (χ0v) is 15.7. The number of carbonyl (C=O) groups excluding carboxylic acids is 1. The molecule has 1 amide bonds. The van der Waals surface area contributed by atoms with Crippen LogP contribution >= 0.6 is 28.3 Å². The molecule has 1 aliphatic heterocycles. The smallest absolute Gasteiger partial charge is 0.257 e. The van der Waals surface area contributed by atoms with Crippen LogP contribution in [0.25, 0.3) is 0 Å². The van der Waals surface area contributed by atoms with Crippen LogP contribution in [-0.4, -0.2) is 34.9 Å². The van der Waals surface area contributed by atoms with Gasteiger partial charge in [0.15, 0.2) is 4.67 Å². The number of pyridine rings is 1. The van der Waals surface area contributed by atoms with Crippen LogP contribution in [0.5, 0.6) is 0 Å². The summed E-state index contributed by atoms with van der Waals surface area (Å²) in [6, 6.07) is 7.74. The molecule has 0 bridgehead atoms. The highest BCUT2D eigenvalue weighted by Gasteiger charge is 2.27. The Labute approximate surface area is 156 Å². The van der Waals surface area contributed by atoms with E-state index in [1.807, 2.05) is 23.1 Å². The van der Waals surface area contributed by atoms with Crippen molar-refractivity contribution in [1.29, 1.82) is 0 Å². The van der Waals surface area contributed by atoms with Gasteiger partial charge in [0.2, 0.25) is 0 Å². The average molecular weight is 415 g/mol. The van der Waals surface area contributed by atoms with Crippen LogP contribution in [0, 0.1) is 0 Å². The second-order valence-electron chi connectivity index (χ2n) is 5.73. The summed E-state index contributed by atoms with van der Waals surface area (Å²) in [6.45, 7) is 2.47. The first kappa shape index (κ1) is 19.0. The van der Waals surface area contributed by atoms with Gasteiger partial charge in [-0.15, -0.1) is 12.4 Å². The number of hydrogen-bond acceptors (Lipinski definition) is 4.